The molecular weight excluding hydrogens is 470 g/mol. The Morgan fingerprint density at radius 3 is 2.54 bits per heavy atom. The highest BCUT2D eigenvalue weighted by atomic mass is 32.2. The van der Waals surface area contributed by atoms with Crippen LogP contribution in [0.15, 0.2) is 65.3 Å². The molecule has 1 heterocycles. The number of thioether (sulfide) groups is 1. The molecule has 0 aliphatic heterocycles. The van der Waals surface area contributed by atoms with Gasteiger partial charge < -0.3 is 20.8 Å². The number of nitro benzene ring substituents is 1. The van der Waals surface area contributed by atoms with Crippen LogP contribution in [0, 0.1) is 10.1 Å². The largest absolute Gasteiger partial charge is 0.446 e. The molecule has 35 heavy (non-hydrogen) atoms. The number of carbonyl (C=O) groups is 2. The lowest BCUT2D eigenvalue weighted by Gasteiger charge is -2.18. The quantitative estimate of drug-likeness (QED) is 0.250. The van der Waals surface area contributed by atoms with Crippen molar-refractivity contribution < 1.29 is 18.9 Å². The minimum Gasteiger partial charge on any atom is -0.446 e. The van der Waals surface area contributed by atoms with Crippen molar-refractivity contribution in [1.82, 2.24) is 10.3 Å². The van der Waals surface area contributed by atoms with Gasteiger partial charge in [-0.1, -0.05) is 43.7 Å². The Hall–Kier alpha value is -3.70. The summed E-state index contributed by atoms with van der Waals surface area (Å²) < 4.78 is 5.35. The third-order valence-electron chi connectivity index (χ3n) is 5.04. The average Bonchev–Trinajstić information content (AvgIpc) is 3.35. The summed E-state index contributed by atoms with van der Waals surface area (Å²) in [5, 5.41) is 16.3. The van der Waals surface area contributed by atoms with E-state index in [1.165, 1.54) is 42.3 Å². The van der Waals surface area contributed by atoms with Crippen LogP contribution >= 0.6 is 11.8 Å². The number of non-ortho nitro benzene ring substituents is 1. The van der Waals surface area contributed by atoms with Crippen molar-refractivity contribution in [3.05, 3.63) is 88.1 Å². The van der Waals surface area contributed by atoms with Crippen molar-refractivity contribution in [2.24, 2.45) is 5.73 Å². The molecule has 0 aliphatic carbocycles. The number of benzene rings is 2. The van der Waals surface area contributed by atoms with Crippen LogP contribution < -0.4 is 16.4 Å². The van der Waals surface area contributed by atoms with Crippen molar-refractivity contribution in [2.45, 2.75) is 37.6 Å². The van der Waals surface area contributed by atoms with Gasteiger partial charge in [-0.15, -0.1) is 0 Å². The molecule has 0 saturated heterocycles. The van der Waals surface area contributed by atoms with Crippen LogP contribution in [0.25, 0.3) is 0 Å². The second-order valence-corrected chi connectivity index (χ2v) is 8.82. The lowest BCUT2D eigenvalue weighted by Crippen LogP contribution is -2.45. The van der Waals surface area contributed by atoms with E-state index in [9.17, 15) is 19.7 Å². The number of aromatic nitrogens is 1. The van der Waals surface area contributed by atoms with Crippen molar-refractivity contribution >= 4 is 35.0 Å². The molecule has 2 aromatic carbocycles. The van der Waals surface area contributed by atoms with Crippen LogP contribution in [0.4, 0.5) is 11.4 Å². The molecule has 3 rings (SSSR count). The number of rotatable bonds is 12. The maximum Gasteiger partial charge on any atom is 0.273 e. The first kappa shape index (κ1) is 25.9. The molecule has 10 nitrogen and oxygen atoms in total. The van der Waals surface area contributed by atoms with E-state index >= 15 is 0 Å². The number of hydrogen-bond donors (Lipinski definition) is 3. The van der Waals surface area contributed by atoms with Gasteiger partial charge in [0.1, 0.15) is 12.3 Å². The van der Waals surface area contributed by atoms with Gasteiger partial charge in [-0.3, -0.25) is 19.7 Å². The summed E-state index contributed by atoms with van der Waals surface area (Å²) in [5.74, 6) is 0.187. The van der Waals surface area contributed by atoms with Gasteiger partial charge in [0.25, 0.3) is 11.6 Å². The molecule has 0 spiro atoms. The van der Waals surface area contributed by atoms with Gasteiger partial charge in [0.05, 0.1) is 11.0 Å². The monoisotopic (exact) mass is 497 g/mol. The SMILES string of the molecule is CCCC(N)c1nc(C(=O)NC(CSCc2ccccc2)C(=O)Nc2ccc([N+](=O)[O-])cc2)co1. The topological polar surface area (TPSA) is 153 Å². The second-order valence-electron chi connectivity index (χ2n) is 7.79. The molecule has 0 radical (unpaired) electrons. The Labute approximate surface area is 206 Å². The Bertz CT molecular complexity index is 1140. The highest BCUT2D eigenvalue weighted by molar-refractivity contribution is 7.98. The van der Waals surface area contributed by atoms with Crippen molar-refractivity contribution in [2.75, 3.05) is 11.1 Å². The van der Waals surface area contributed by atoms with Gasteiger partial charge in [0, 0.05) is 29.3 Å². The minimum atomic E-state index is -0.893. The number of nitrogens with one attached hydrogen (secondary N) is 2. The Balaban J connectivity index is 1.69. The molecule has 2 atom stereocenters. The fourth-order valence-corrected chi connectivity index (χ4v) is 4.19. The lowest BCUT2D eigenvalue weighted by molar-refractivity contribution is -0.384. The van der Waals surface area contributed by atoms with Crippen molar-refractivity contribution in [3.8, 4) is 0 Å². The van der Waals surface area contributed by atoms with Crippen molar-refractivity contribution in [1.29, 1.82) is 0 Å². The van der Waals surface area contributed by atoms with Gasteiger partial charge in [-0.2, -0.15) is 11.8 Å². The van der Waals surface area contributed by atoms with Gasteiger partial charge in [0.2, 0.25) is 11.8 Å². The molecule has 3 aromatic rings. The summed E-state index contributed by atoms with van der Waals surface area (Å²) in [6.07, 6.45) is 2.73. The Kier molecular flexibility index (Phi) is 9.39. The van der Waals surface area contributed by atoms with E-state index < -0.39 is 28.8 Å². The molecule has 0 aliphatic rings. The Morgan fingerprint density at radius 1 is 1.17 bits per heavy atom. The average molecular weight is 498 g/mol. The van der Waals surface area contributed by atoms with Gasteiger partial charge >= 0.3 is 0 Å². The number of hydrogen-bond acceptors (Lipinski definition) is 8. The smallest absolute Gasteiger partial charge is 0.273 e. The summed E-state index contributed by atoms with van der Waals surface area (Å²) >= 11 is 1.48. The number of nitrogens with two attached hydrogens (primary N) is 1. The first-order chi connectivity index (χ1) is 16.9. The first-order valence-corrected chi connectivity index (χ1v) is 12.2. The van der Waals surface area contributed by atoms with Gasteiger partial charge in [-0.25, -0.2) is 4.98 Å². The van der Waals surface area contributed by atoms with E-state index in [4.69, 9.17) is 10.2 Å². The van der Waals surface area contributed by atoms with Gasteiger partial charge in [0.15, 0.2) is 5.69 Å². The molecule has 2 unspecified atom stereocenters. The Morgan fingerprint density at radius 2 is 1.89 bits per heavy atom. The number of amides is 2. The number of nitrogens with zero attached hydrogens (tertiary/aromatic N) is 2. The van der Waals surface area contributed by atoms with Crippen LogP contribution in [-0.4, -0.2) is 33.5 Å². The van der Waals surface area contributed by atoms with E-state index in [-0.39, 0.29) is 17.3 Å². The first-order valence-electron chi connectivity index (χ1n) is 11.1. The number of oxazole rings is 1. The summed E-state index contributed by atoms with van der Waals surface area (Å²) in [4.78, 5) is 40.3. The van der Waals surface area contributed by atoms with E-state index in [2.05, 4.69) is 15.6 Å². The highest BCUT2D eigenvalue weighted by Gasteiger charge is 2.24. The maximum atomic E-state index is 13.0. The van der Waals surface area contributed by atoms with Crippen LogP contribution in [0.1, 0.15) is 47.7 Å². The zero-order valence-electron chi connectivity index (χ0n) is 19.2. The van der Waals surface area contributed by atoms with E-state index in [0.717, 1.165) is 12.0 Å². The molecule has 4 N–H and O–H groups in total. The summed E-state index contributed by atoms with van der Waals surface area (Å²) in [7, 11) is 0. The van der Waals surface area contributed by atoms with Crippen LogP contribution in [-0.2, 0) is 10.5 Å². The number of nitro groups is 1. The minimum absolute atomic E-state index is 0.0350. The molecule has 0 saturated carbocycles. The number of anilines is 1. The summed E-state index contributed by atoms with van der Waals surface area (Å²) in [6.45, 7) is 1.98. The predicted molar refractivity (Wildman–Crippen MR) is 134 cm³/mol. The van der Waals surface area contributed by atoms with Crippen LogP contribution in [0.3, 0.4) is 0 Å². The molecule has 0 fully saturated rings. The van der Waals surface area contributed by atoms with Crippen LogP contribution in [0.2, 0.25) is 0 Å². The van der Waals surface area contributed by atoms with E-state index in [0.29, 0.717) is 23.6 Å². The zero-order valence-corrected chi connectivity index (χ0v) is 20.0. The second kappa shape index (κ2) is 12.7. The standard InChI is InChI=1S/C24H27N5O5S/c1-2-6-19(25)24-28-20(13-34-24)22(30)27-21(15-35-14-16-7-4-3-5-8-16)23(31)26-17-9-11-18(12-10-17)29(32)33/h3-5,7-13,19,21H,2,6,14-15,25H2,1H3,(H,26,31)(H,27,30). The molecule has 0 bridgehead atoms. The lowest BCUT2D eigenvalue weighted by atomic mass is 10.2. The normalized spacial score (nSPS) is 12.5. The summed E-state index contributed by atoms with van der Waals surface area (Å²) in [6, 6.07) is 13.9. The highest BCUT2D eigenvalue weighted by Crippen LogP contribution is 2.18. The molecule has 1 aromatic heterocycles. The van der Waals surface area contributed by atoms with Crippen molar-refractivity contribution in [3.63, 3.8) is 0 Å². The molecule has 11 heteroatoms. The van der Waals surface area contributed by atoms with E-state index in [1.807, 2.05) is 37.3 Å². The fourth-order valence-electron chi connectivity index (χ4n) is 3.18. The molecule has 2 amide bonds. The maximum absolute atomic E-state index is 13.0. The predicted octanol–water partition coefficient (Wildman–Crippen LogP) is 4.05. The van der Waals surface area contributed by atoms with Gasteiger partial charge in [-0.05, 0) is 24.1 Å². The fraction of sp³-hybridized carbons (Fsp3) is 0.292. The third kappa shape index (κ3) is 7.66. The molecule has 184 valence electrons. The van der Waals surface area contributed by atoms with Crippen LogP contribution in [0.5, 0.6) is 0 Å². The number of carbonyl (C=O) groups excluding carboxylic acids is 2. The third-order valence-corrected chi connectivity index (χ3v) is 6.14. The zero-order chi connectivity index (χ0) is 25.2. The van der Waals surface area contributed by atoms with E-state index in [1.54, 1.807) is 0 Å². The summed E-state index contributed by atoms with van der Waals surface area (Å²) in [5.41, 5.74) is 7.42. The molecular formula is C24H27N5O5S.